The van der Waals surface area contributed by atoms with E-state index in [4.69, 9.17) is 5.53 Å². The van der Waals surface area contributed by atoms with E-state index in [2.05, 4.69) is 20.2 Å². The molecule has 1 saturated carbocycles. The van der Waals surface area contributed by atoms with Gasteiger partial charge in [-0.05, 0) is 47.2 Å². The lowest BCUT2D eigenvalue weighted by Crippen LogP contribution is -2.08. The van der Waals surface area contributed by atoms with Gasteiger partial charge in [-0.1, -0.05) is 41.5 Å². The summed E-state index contributed by atoms with van der Waals surface area (Å²) < 4.78 is 40.1. The normalized spacial score (nSPS) is 13.9. The first-order valence-electron chi connectivity index (χ1n) is 9.15. The Bertz CT molecular complexity index is 1040. The molecule has 29 heavy (non-hydrogen) atoms. The van der Waals surface area contributed by atoms with Crippen molar-refractivity contribution in [1.29, 1.82) is 0 Å². The zero-order valence-electron chi connectivity index (χ0n) is 15.3. The van der Waals surface area contributed by atoms with Gasteiger partial charge < -0.3 is 4.57 Å². The molecule has 1 aromatic heterocycles. The maximum absolute atomic E-state index is 12.7. The molecule has 0 radical (unpaired) electrons. The van der Waals surface area contributed by atoms with Gasteiger partial charge in [0.2, 0.25) is 0 Å². The van der Waals surface area contributed by atoms with Gasteiger partial charge in [-0.15, -0.1) is 10.2 Å². The average molecular weight is 398 g/mol. The van der Waals surface area contributed by atoms with Gasteiger partial charge in [-0.2, -0.15) is 13.2 Å². The second-order valence-electron chi connectivity index (χ2n) is 7.00. The molecule has 1 fully saturated rings. The van der Waals surface area contributed by atoms with Gasteiger partial charge in [-0.3, -0.25) is 0 Å². The Hall–Kier alpha value is -3.32. The molecule has 1 aliphatic carbocycles. The lowest BCUT2D eigenvalue weighted by molar-refractivity contribution is -0.137. The molecular weight excluding hydrogens is 381 g/mol. The molecule has 0 spiro atoms. The Kier molecular flexibility index (Phi) is 4.98. The van der Waals surface area contributed by atoms with Crippen LogP contribution < -0.4 is 0 Å². The Morgan fingerprint density at radius 2 is 1.62 bits per heavy atom. The highest BCUT2D eigenvalue weighted by atomic mass is 19.4. The molecule has 0 saturated heterocycles. The standard InChI is InChI=1S/C20H17F3N6/c21-20(22,23)17-9-7-15(8-10-17)14-3-1-13(2-4-14)12-29-18(11-25-28-24)26-27-19(29)16-5-6-16/h1-4,7-10,16H,5-6,11-12H2. The summed E-state index contributed by atoms with van der Waals surface area (Å²) in [4.78, 5) is 2.79. The Labute approximate surface area is 164 Å². The summed E-state index contributed by atoms with van der Waals surface area (Å²) >= 11 is 0. The summed E-state index contributed by atoms with van der Waals surface area (Å²) in [5.74, 6) is 1.92. The van der Waals surface area contributed by atoms with Crippen molar-refractivity contribution >= 4 is 0 Å². The minimum Gasteiger partial charge on any atom is -0.310 e. The van der Waals surface area contributed by atoms with Crippen LogP contribution in [0.15, 0.2) is 53.6 Å². The molecule has 0 unspecified atom stereocenters. The van der Waals surface area contributed by atoms with Crippen molar-refractivity contribution in [3.8, 4) is 11.1 Å². The molecule has 0 N–H and O–H groups in total. The predicted molar refractivity (Wildman–Crippen MR) is 101 cm³/mol. The van der Waals surface area contributed by atoms with Gasteiger partial charge >= 0.3 is 6.18 Å². The number of rotatable bonds is 6. The maximum Gasteiger partial charge on any atom is 0.416 e. The summed E-state index contributed by atoms with van der Waals surface area (Å²) in [5.41, 5.74) is 10.5. The molecule has 2 aromatic carbocycles. The van der Waals surface area contributed by atoms with Crippen LogP contribution in [0.25, 0.3) is 21.6 Å². The van der Waals surface area contributed by atoms with E-state index in [9.17, 15) is 13.2 Å². The highest BCUT2D eigenvalue weighted by Gasteiger charge is 2.31. The third-order valence-electron chi connectivity index (χ3n) is 4.91. The number of azide groups is 1. The van der Waals surface area contributed by atoms with Crippen molar-refractivity contribution in [2.24, 2.45) is 5.11 Å². The van der Waals surface area contributed by atoms with Gasteiger partial charge in [-0.25, -0.2) is 0 Å². The van der Waals surface area contributed by atoms with Crippen LogP contribution in [0.5, 0.6) is 0 Å². The van der Waals surface area contributed by atoms with Crippen LogP contribution in [-0.2, 0) is 19.3 Å². The van der Waals surface area contributed by atoms with E-state index in [0.29, 0.717) is 18.3 Å². The van der Waals surface area contributed by atoms with Crippen LogP contribution in [0.4, 0.5) is 13.2 Å². The van der Waals surface area contributed by atoms with E-state index in [-0.39, 0.29) is 6.54 Å². The smallest absolute Gasteiger partial charge is 0.310 e. The number of nitrogens with zero attached hydrogens (tertiary/aromatic N) is 6. The maximum atomic E-state index is 12.7. The zero-order valence-corrected chi connectivity index (χ0v) is 15.3. The number of benzene rings is 2. The van der Waals surface area contributed by atoms with Crippen molar-refractivity contribution in [2.45, 2.75) is 38.0 Å². The van der Waals surface area contributed by atoms with Gasteiger partial charge in [0.15, 0.2) is 0 Å². The third kappa shape index (κ3) is 4.25. The minimum atomic E-state index is -4.34. The molecule has 0 aliphatic heterocycles. The van der Waals surface area contributed by atoms with Crippen LogP contribution in [0.1, 0.15) is 41.5 Å². The molecule has 1 aliphatic rings. The van der Waals surface area contributed by atoms with Crippen LogP contribution in [0.3, 0.4) is 0 Å². The molecule has 148 valence electrons. The molecule has 6 nitrogen and oxygen atoms in total. The largest absolute Gasteiger partial charge is 0.416 e. The minimum absolute atomic E-state index is 0.139. The highest BCUT2D eigenvalue weighted by molar-refractivity contribution is 5.64. The van der Waals surface area contributed by atoms with Crippen molar-refractivity contribution in [3.05, 3.63) is 81.7 Å². The Morgan fingerprint density at radius 3 is 2.17 bits per heavy atom. The molecule has 0 amide bonds. The monoisotopic (exact) mass is 398 g/mol. The Balaban J connectivity index is 1.54. The highest BCUT2D eigenvalue weighted by Crippen LogP contribution is 2.39. The van der Waals surface area contributed by atoms with Crippen LogP contribution in [0, 0.1) is 0 Å². The van der Waals surface area contributed by atoms with E-state index < -0.39 is 11.7 Å². The zero-order chi connectivity index (χ0) is 20.4. The predicted octanol–water partition coefficient (Wildman–Crippen LogP) is 5.70. The van der Waals surface area contributed by atoms with Crippen molar-refractivity contribution in [2.75, 3.05) is 0 Å². The quantitative estimate of drug-likeness (QED) is 0.303. The fourth-order valence-electron chi connectivity index (χ4n) is 3.21. The number of alkyl halides is 3. The fraction of sp³-hybridized carbons (Fsp3) is 0.300. The lowest BCUT2D eigenvalue weighted by atomic mass is 10.0. The van der Waals surface area contributed by atoms with E-state index in [0.717, 1.165) is 47.5 Å². The topological polar surface area (TPSA) is 79.5 Å². The van der Waals surface area contributed by atoms with Gasteiger partial charge in [0.1, 0.15) is 11.6 Å². The first kappa shape index (κ1) is 19.0. The average Bonchev–Trinajstić information content (AvgIpc) is 3.48. The van der Waals surface area contributed by atoms with Crippen molar-refractivity contribution in [1.82, 2.24) is 14.8 Å². The molecule has 0 bridgehead atoms. The first-order valence-corrected chi connectivity index (χ1v) is 9.15. The number of halogens is 3. The lowest BCUT2D eigenvalue weighted by Gasteiger charge is -2.11. The van der Waals surface area contributed by atoms with Gasteiger partial charge in [0.05, 0.1) is 18.7 Å². The molecule has 3 aromatic rings. The summed E-state index contributed by atoms with van der Waals surface area (Å²) in [7, 11) is 0. The number of hydrogen-bond acceptors (Lipinski definition) is 3. The molecule has 0 atom stereocenters. The molecule has 4 rings (SSSR count). The molecule has 9 heteroatoms. The third-order valence-corrected chi connectivity index (χ3v) is 4.91. The van der Waals surface area contributed by atoms with Gasteiger partial charge in [0, 0.05) is 10.8 Å². The first-order chi connectivity index (χ1) is 14.0. The van der Waals surface area contributed by atoms with E-state index in [1.807, 2.05) is 28.8 Å². The summed E-state index contributed by atoms with van der Waals surface area (Å²) in [6.07, 6.45) is -2.19. The van der Waals surface area contributed by atoms with E-state index >= 15 is 0 Å². The van der Waals surface area contributed by atoms with E-state index in [1.54, 1.807) is 0 Å². The SMILES string of the molecule is [N-]=[N+]=NCc1nnc(C2CC2)n1Cc1ccc(-c2ccc(C(F)(F)F)cc2)cc1. The van der Waals surface area contributed by atoms with Crippen molar-refractivity contribution in [3.63, 3.8) is 0 Å². The van der Waals surface area contributed by atoms with Crippen LogP contribution in [0.2, 0.25) is 0 Å². The van der Waals surface area contributed by atoms with Crippen LogP contribution in [-0.4, -0.2) is 14.8 Å². The summed E-state index contributed by atoms with van der Waals surface area (Å²) in [6, 6.07) is 12.7. The summed E-state index contributed by atoms with van der Waals surface area (Å²) in [5, 5.41) is 12.0. The Morgan fingerprint density at radius 1 is 1.00 bits per heavy atom. The second kappa shape index (κ2) is 7.60. The van der Waals surface area contributed by atoms with Gasteiger partial charge in [0.25, 0.3) is 0 Å². The van der Waals surface area contributed by atoms with E-state index in [1.165, 1.54) is 12.1 Å². The molecule has 1 heterocycles. The molecular formula is C20H17F3N6. The number of aromatic nitrogens is 3. The van der Waals surface area contributed by atoms with Crippen LogP contribution >= 0.6 is 0 Å². The summed E-state index contributed by atoms with van der Waals surface area (Å²) in [6.45, 7) is 0.683. The fourth-order valence-corrected chi connectivity index (χ4v) is 3.21. The number of hydrogen-bond donors (Lipinski definition) is 0. The van der Waals surface area contributed by atoms with Crippen molar-refractivity contribution < 1.29 is 13.2 Å². The second-order valence-corrected chi connectivity index (χ2v) is 7.00.